The first-order valence-electron chi connectivity index (χ1n) is 3.92. The Hall–Kier alpha value is -0.940. The highest BCUT2D eigenvalue weighted by atomic mass is 79.9. The minimum absolute atomic E-state index is 0.181. The third kappa shape index (κ3) is 3.85. The molecule has 0 unspecified atom stereocenters. The monoisotopic (exact) mass is 272 g/mol. The highest BCUT2D eigenvalue weighted by molar-refractivity contribution is 9.10. The van der Waals surface area contributed by atoms with Crippen LogP contribution < -0.4 is 10.6 Å². The molecule has 0 spiro atoms. The van der Waals surface area contributed by atoms with Crippen LogP contribution in [0.25, 0.3) is 0 Å². The molecule has 5 heteroatoms. The molecule has 0 aliphatic rings. The SMILES string of the molecule is CC(=O)NC(=S)Nc1ccc(Br)cc1. The van der Waals surface area contributed by atoms with Crippen LogP contribution in [0.2, 0.25) is 0 Å². The van der Waals surface area contributed by atoms with Crippen LogP contribution in [0.1, 0.15) is 6.92 Å². The molecule has 0 heterocycles. The van der Waals surface area contributed by atoms with Gasteiger partial charge in [0, 0.05) is 17.1 Å². The predicted molar refractivity (Wildman–Crippen MR) is 64.2 cm³/mol. The van der Waals surface area contributed by atoms with Crippen molar-refractivity contribution in [1.82, 2.24) is 5.32 Å². The lowest BCUT2D eigenvalue weighted by Crippen LogP contribution is -2.32. The average Bonchev–Trinajstić information content (AvgIpc) is 2.07. The summed E-state index contributed by atoms with van der Waals surface area (Å²) in [4.78, 5) is 10.7. The molecule has 1 rings (SSSR count). The van der Waals surface area contributed by atoms with E-state index >= 15 is 0 Å². The van der Waals surface area contributed by atoms with Crippen LogP contribution in [-0.4, -0.2) is 11.0 Å². The second-order valence-electron chi connectivity index (χ2n) is 2.64. The van der Waals surface area contributed by atoms with Gasteiger partial charge in [0.1, 0.15) is 0 Å². The number of benzene rings is 1. The predicted octanol–water partition coefficient (Wildman–Crippen LogP) is 2.28. The van der Waals surface area contributed by atoms with Crippen molar-refractivity contribution in [3.8, 4) is 0 Å². The molecule has 2 N–H and O–H groups in total. The number of carbonyl (C=O) groups is 1. The maximum Gasteiger partial charge on any atom is 0.222 e. The molecule has 0 aliphatic heterocycles. The van der Waals surface area contributed by atoms with Gasteiger partial charge in [0.25, 0.3) is 0 Å². The third-order valence-corrected chi connectivity index (χ3v) is 2.12. The number of carbonyl (C=O) groups excluding carboxylic acids is 1. The summed E-state index contributed by atoms with van der Waals surface area (Å²) in [5.41, 5.74) is 0.840. The van der Waals surface area contributed by atoms with Gasteiger partial charge in [0.05, 0.1) is 0 Å². The Labute approximate surface area is 96.0 Å². The molecule has 0 atom stereocenters. The number of halogens is 1. The van der Waals surface area contributed by atoms with Gasteiger partial charge >= 0.3 is 0 Å². The van der Waals surface area contributed by atoms with Crippen molar-refractivity contribution in [3.05, 3.63) is 28.7 Å². The lowest BCUT2D eigenvalue weighted by molar-refractivity contribution is -0.117. The van der Waals surface area contributed by atoms with Gasteiger partial charge in [-0.1, -0.05) is 15.9 Å². The first-order valence-corrected chi connectivity index (χ1v) is 5.12. The summed E-state index contributed by atoms with van der Waals surface area (Å²) in [6.45, 7) is 1.41. The van der Waals surface area contributed by atoms with Crippen LogP contribution in [0.15, 0.2) is 28.7 Å². The maximum absolute atomic E-state index is 10.7. The highest BCUT2D eigenvalue weighted by Crippen LogP contribution is 2.13. The van der Waals surface area contributed by atoms with Crippen molar-refractivity contribution >= 4 is 44.9 Å². The van der Waals surface area contributed by atoms with E-state index in [-0.39, 0.29) is 5.91 Å². The lowest BCUT2D eigenvalue weighted by atomic mass is 10.3. The molecular formula is C9H9BrN2OS. The summed E-state index contributed by atoms with van der Waals surface area (Å²) in [6, 6.07) is 7.49. The Bertz CT molecular complexity index is 350. The number of rotatable bonds is 1. The van der Waals surface area contributed by atoms with Crippen LogP contribution in [0.3, 0.4) is 0 Å². The van der Waals surface area contributed by atoms with Gasteiger partial charge < -0.3 is 10.6 Å². The van der Waals surface area contributed by atoms with E-state index in [0.29, 0.717) is 5.11 Å². The highest BCUT2D eigenvalue weighted by Gasteiger charge is 1.98. The Morgan fingerprint density at radius 2 is 1.93 bits per heavy atom. The number of amides is 1. The standard InChI is InChI=1S/C9H9BrN2OS/c1-6(13)11-9(14)12-8-4-2-7(10)3-5-8/h2-5H,1H3,(H2,11,12,13,14). The molecule has 0 aromatic heterocycles. The van der Waals surface area contributed by atoms with Gasteiger partial charge in [-0.25, -0.2) is 0 Å². The van der Waals surface area contributed by atoms with Crippen molar-refractivity contribution in [2.24, 2.45) is 0 Å². The zero-order chi connectivity index (χ0) is 10.6. The van der Waals surface area contributed by atoms with Gasteiger partial charge in [0.2, 0.25) is 5.91 Å². The fourth-order valence-corrected chi connectivity index (χ4v) is 1.38. The molecule has 0 saturated carbocycles. The molecule has 1 aromatic carbocycles. The Morgan fingerprint density at radius 1 is 1.36 bits per heavy atom. The van der Waals surface area contributed by atoms with Gasteiger partial charge in [-0.3, -0.25) is 4.79 Å². The quantitative estimate of drug-likeness (QED) is 0.771. The first kappa shape index (κ1) is 11.1. The van der Waals surface area contributed by atoms with Crippen molar-refractivity contribution in [3.63, 3.8) is 0 Å². The molecule has 0 aliphatic carbocycles. The first-order chi connectivity index (χ1) is 6.58. The Kier molecular flexibility index (Phi) is 4.03. The molecular weight excluding hydrogens is 264 g/mol. The summed E-state index contributed by atoms with van der Waals surface area (Å²) in [5, 5.41) is 5.66. The lowest BCUT2D eigenvalue weighted by Gasteiger charge is -2.07. The van der Waals surface area contributed by atoms with Crippen LogP contribution in [0.5, 0.6) is 0 Å². The Balaban J connectivity index is 2.56. The fourth-order valence-electron chi connectivity index (χ4n) is 0.855. The van der Waals surface area contributed by atoms with Crippen molar-refractivity contribution < 1.29 is 4.79 Å². The van der Waals surface area contributed by atoms with Crippen LogP contribution in [0, 0.1) is 0 Å². The second kappa shape index (κ2) is 5.07. The fraction of sp³-hybridized carbons (Fsp3) is 0.111. The second-order valence-corrected chi connectivity index (χ2v) is 3.97. The van der Waals surface area contributed by atoms with Gasteiger partial charge in [-0.2, -0.15) is 0 Å². The molecule has 3 nitrogen and oxygen atoms in total. The van der Waals surface area contributed by atoms with Gasteiger partial charge in [-0.15, -0.1) is 0 Å². The number of anilines is 1. The normalized spacial score (nSPS) is 9.29. The summed E-state index contributed by atoms with van der Waals surface area (Å²) in [5.74, 6) is -0.181. The van der Waals surface area contributed by atoms with E-state index in [1.807, 2.05) is 24.3 Å². The van der Waals surface area contributed by atoms with Crippen LogP contribution >= 0.6 is 28.1 Å². The molecule has 1 amide bonds. The summed E-state index contributed by atoms with van der Waals surface area (Å²) in [7, 11) is 0. The van der Waals surface area contributed by atoms with Gasteiger partial charge in [-0.05, 0) is 36.5 Å². The largest absolute Gasteiger partial charge is 0.332 e. The van der Waals surface area contributed by atoms with E-state index < -0.39 is 0 Å². The van der Waals surface area contributed by atoms with E-state index in [4.69, 9.17) is 12.2 Å². The van der Waals surface area contributed by atoms with Crippen molar-refractivity contribution in [2.75, 3.05) is 5.32 Å². The molecule has 74 valence electrons. The van der Waals surface area contributed by atoms with Gasteiger partial charge in [0.15, 0.2) is 5.11 Å². The number of hydrogen-bond acceptors (Lipinski definition) is 2. The maximum atomic E-state index is 10.7. The zero-order valence-electron chi connectivity index (χ0n) is 7.50. The van der Waals surface area contributed by atoms with Crippen LogP contribution in [0.4, 0.5) is 5.69 Å². The summed E-state index contributed by atoms with van der Waals surface area (Å²) >= 11 is 8.21. The Morgan fingerprint density at radius 3 is 2.43 bits per heavy atom. The minimum atomic E-state index is -0.181. The smallest absolute Gasteiger partial charge is 0.222 e. The van der Waals surface area contributed by atoms with E-state index in [2.05, 4.69) is 26.6 Å². The van der Waals surface area contributed by atoms with Crippen molar-refractivity contribution in [1.29, 1.82) is 0 Å². The van der Waals surface area contributed by atoms with E-state index in [9.17, 15) is 4.79 Å². The number of thiocarbonyl (C=S) groups is 1. The number of nitrogens with one attached hydrogen (secondary N) is 2. The minimum Gasteiger partial charge on any atom is -0.332 e. The van der Waals surface area contributed by atoms with Crippen LogP contribution in [-0.2, 0) is 4.79 Å². The van der Waals surface area contributed by atoms with Crippen molar-refractivity contribution in [2.45, 2.75) is 6.92 Å². The van der Waals surface area contributed by atoms with E-state index in [1.165, 1.54) is 6.92 Å². The molecule has 1 aromatic rings. The molecule has 0 saturated heterocycles. The topological polar surface area (TPSA) is 41.1 Å². The van der Waals surface area contributed by atoms with E-state index in [0.717, 1.165) is 10.2 Å². The summed E-state index contributed by atoms with van der Waals surface area (Å²) < 4.78 is 0.994. The van der Waals surface area contributed by atoms with E-state index in [1.54, 1.807) is 0 Å². The molecule has 0 radical (unpaired) electrons. The molecule has 0 bridgehead atoms. The average molecular weight is 273 g/mol. The molecule has 14 heavy (non-hydrogen) atoms. The summed E-state index contributed by atoms with van der Waals surface area (Å²) in [6.07, 6.45) is 0. The number of hydrogen-bond donors (Lipinski definition) is 2. The third-order valence-electron chi connectivity index (χ3n) is 1.39. The molecule has 0 fully saturated rings. The zero-order valence-corrected chi connectivity index (χ0v) is 9.91.